The van der Waals surface area contributed by atoms with Crippen LogP contribution in [-0.2, 0) is 0 Å². The minimum absolute atomic E-state index is 0.0852. The van der Waals surface area contributed by atoms with Gasteiger partial charge in [-0.15, -0.1) is 6.58 Å². The lowest BCUT2D eigenvalue weighted by molar-refractivity contribution is -0.380. The number of piperazine rings is 1. The van der Waals surface area contributed by atoms with Gasteiger partial charge in [-0.25, -0.2) is 0 Å². The van der Waals surface area contributed by atoms with Gasteiger partial charge in [-0.2, -0.15) is 0 Å². The predicted molar refractivity (Wildman–Crippen MR) is 68.4 cm³/mol. The van der Waals surface area contributed by atoms with Gasteiger partial charge in [-0.3, -0.25) is 15.0 Å². The summed E-state index contributed by atoms with van der Waals surface area (Å²) < 4.78 is 0. The molecule has 0 aromatic carbocycles. The van der Waals surface area contributed by atoms with E-state index >= 15 is 0 Å². The third-order valence-electron chi connectivity index (χ3n) is 2.90. The first-order valence-corrected chi connectivity index (χ1v) is 6.40. The van der Waals surface area contributed by atoms with E-state index in [9.17, 15) is 10.1 Å². The molecule has 1 saturated heterocycles. The van der Waals surface area contributed by atoms with E-state index in [1.807, 2.05) is 11.5 Å². The Labute approximate surface area is 104 Å². The van der Waals surface area contributed by atoms with Crippen molar-refractivity contribution in [2.24, 2.45) is 0 Å². The van der Waals surface area contributed by atoms with Gasteiger partial charge in [0.05, 0.1) is 11.0 Å². The fourth-order valence-corrected chi connectivity index (χ4v) is 2.80. The summed E-state index contributed by atoms with van der Waals surface area (Å²) in [6.45, 7) is 7.64. The Bertz CT molecular complexity index is 413. The van der Waals surface area contributed by atoms with Crippen LogP contribution in [0.4, 0.5) is 5.00 Å². The summed E-state index contributed by atoms with van der Waals surface area (Å²) in [5.74, 6) is 0. The number of thiophene rings is 1. The van der Waals surface area contributed by atoms with Crippen LogP contribution >= 0.6 is 11.3 Å². The van der Waals surface area contributed by atoms with Crippen molar-refractivity contribution < 1.29 is 4.92 Å². The van der Waals surface area contributed by atoms with Gasteiger partial charge in [-0.1, -0.05) is 17.4 Å². The highest BCUT2D eigenvalue weighted by Crippen LogP contribution is 2.30. The molecule has 0 unspecified atom stereocenters. The molecule has 0 radical (unpaired) electrons. The van der Waals surface area contributed by atoms with Crippen molar-refractivity contribution in [3.05, 3.63) is 39.8 Å². The van der Waals surface area contributed by atoms with Crippen LogP contribution in [0.15, 0.2) is 24.1 Å². The number of rotatable bonds is 4. The zero-order valence-corrected chi connectivity index (χ0v) is 10.3. The molecule has 6 heteroatoms. The highest BCUT2D eigenvalue weighted by Gasteiger charge is 2.22. The molecule has 0 aliphatic carbocycles. The maximum Gasteiger partial charge on any atom is 0.324 e. The summed E-state index contributed by atoms with van der Waals surface area (Å²) in [6.07, 6.45) is 1.86. The molecule has 1 N–H and O–H groups in total. The Morgan fingerprint density at radius 3 is 2.82 bits per heavy atom. The minimum atomic E-state index is -0.341. The number of nitrogens with zero attached hydrogens (tertiary/aromatic N) is 2. The SMILES string of the molecule is C=C[C@H](c1csc([N+](=O)[O-])c1)N1CCNCC1. The largest absolute Gasteiger partial charge is 0.324 e. The van der Waals surface area contributed by atoms with Crippen molar-refractivity contribution in [1.29, 1.82) is 0 Å². The summed E-state index contributed by atoms with van der Waals surface area (Å²) in [7, 11) is 0. The van der Waals surface area contributed by atoms with E-state index in [1.54, 1.807) is 6.07 Å². The summed E-state index contributed by atoms with van der Waals surface area (Å²) in [4.78, 5) is 12.6. The van der Waals surface area contributed by atoms with Crippen LogP contribution in [0.2, 0.25) is 0 Å². The molecule has 92 valence electrons. The second kappa shape index (κ2) is 5.39. The normalized spacial score (nSPS) is 18.8. The zero-order chi connectivity index (χ0) is 12.3. The molecule has 2 heterocycles. The zero-order valence-electron chi connectivity index (χ0n) is 9.46. The van der Waals surface area contributed by atoms with Crippen molar-refractivity contribution in [2.75, 3.05) is 26.2 Å². The van der Waals surface area contributed by atoms with Crippen LogP contribution in [0.5, 0.6) is 0 Å². The molecule has 2 rings (SSSR count). The van der Waals surface area contributed by atoms with Gasteiger partial charge in [0.2, 0.25) is 0 Å². The first kappa shape index (κ1) is 12.2. The van der Waals surface area contributed by atoms with Gasteiger partial charge >= 0.3 is 5.00 Å². The molecule has 5 nitrogen and oxygen atoms in total. The van der Waals surface area contributed by atoms with E-state index < -0.39 is 0 Å². The molecule has 0 saturated carbocycles. The highest BCUT2D eigenvalue weighted by molar-refractivity contribution is 7.13. The summed E-state index contributed by atoms with van der Waals surface area (Å²) >= 11 is 1.18. The van der Waals surface area contributed by atoms with Crippen molar-refractivity contribution in [1.82, 2.24) is 10.2 Å². The van der Waals surface area contributed by atoms with Crippen LogP contribution in [0.1, 0.15) is 11.6 Å². The molecule has 0 bridgehead atoms. The van der Waals surface area contributed by atoms with Gasteiger partial charge in [0.1, 0.15) is 0 Å². The number of hydrogen-bond donors (Lipinski definition) is 1. The van der Waals surface area contributed by atoms with Crippen molar-refractivity contribution in [3.8, 4) is 0 Å². The van der Waals surface area contributed by atoms with E-state index in [0.29, 0.717) is 0 Å². The molecule has 0 spiro atoms. The Morgan fingerprint density at radius 2 is 2.29 bits per heavy atom. The van der Waals surface area contributed by atoms with Crippen molar-refractivity contribution >= 4 is 16.3 Å². The molecule has 1 aliphatic rings. The summed E-state index contributed by atoms with van der Waals surface area (Å²) in [6, 6.07) is 1.74. The van der Waals surface area contributed by atoms with Crippen LogP contribution in [-0.4, -0.2) is 36.0 Å². The minimum Gasteiger partial charge on any atom is -0.314 e. The maximum absolute atomic E-state index is 10.7. The fourth-order valence-electron chi connectivity index (χ4n) is 2.05. The second-order valence-electron chi connectivity index (χ2n) is 3.94. The first-order valence-electron chi connectivity index (χ1n) is 5.52. The van der Waals surface area contributed by atoms with E-state index in [0.717, 1.165) is 31.7 Å². The van der Waals surface area contributed by atoms with Crippen LogP contribution < -0.4 is 5.32 Å². The predicted octanol–water partition coefficient (Wildman–Crippen LogP) is 1.79. The molecule has 1 aromatic rings. The quantitative estimate of drug-likeness (QED) is 0.505. The van der Waals surface area contributed by atoms with Crippen LogP contribution in [0.25, 0.3) is 0 Å². The molecule has 17 heavy (non-hydrogen) atoms. The molecule has 1 aromatic heterocycles. The lowest BCUT2D eigenvalue weighted by atomic mass is 10.1. The lowest BCUT2D eigenvalue weighted by Gasteiger charge is -2.32. The van der Waals surface area contributed by atoms with Crippen molar-refractivity contribution in [2.45, 2.75) is 6.04 Å². The Morgan fingerprint density at radius 1 is 1.59 bits per heavy atom. The molecule has 1 fully saturated rings. The molecular weight excluding hydrogens is 238 g/mol. The van der Waals surface area contributed by atoms with Gasteiger partial charge < -0.3 is 5.32 Å². The lowest BCUT2D eigenvalue weighted by Crippen LogP contribution is -2.44. The van der Waals surface area contributed by atoms with Crippen LogP contribution in [0.3, 0.4) is 0 Å². The third kappa shape index (κ3) is 2.71. The first-order chi connectivity index (χ1) is 8.22. The second-order valence-corrected chi connectivity index (χ2v) is 4.83. The Hall–Kier alpha value is -1.24. The van der Waals surface area contributed by atoms with Gasteiger partial charge in [0.25, 0.3) is 0 Å². The number of hydrogen-bond acceptors (Lipinski definition) is 5. The average Bonchev–Trinajstić information content (AvgIpc) is 2.81. The Kier molecular flexibility index (Phi) is 3.88. The molecular formula is C11H15N3O2S. The smallest absolute Gasteiger partial charge is 0.314 e. The summed E-state index contributed by atoms with van der Waals surface area (Å²) in [5, 5.41) is 16.0. The number of nitro groups is 1. The molecule has 1 aliphatic heterocycles. The van der Waals surface area contributed by atoms with E-state index in [1.165, 1.54) is 11.3 Å². The number of nitrogens with one attached hydrogen (secondary N) is 1. The van der Waals surface area contributed by atoms with E-state index in [2.05, 4.69) is 16.8 Å². The average molecular weight is 253 g/mol. The van der Waals surface area contributed by atoms with E-state index in [-0.39, 0.29) is 16.0 Å². The highest BCUT2D eigenvalue weighted by atomic mass is 32.1. The topological polar surface area (TPSA) is 58.4 Å². The molecule has 1 atom stereocenters. The van der Waals surface area contributed by atoms with Crippen molar-refractivity contribution in [3.63, 3.8) is 0 Å². The van der Waals surface area contributed by atoms with Gasteiger partial charge in [-0.05, 0) is 5.56 Å². The monoisotopic (exact) mass is 253 g/mol. The van der Waals surface area contributed by atoms with E-state index in [4.69, 9.17) is 0 Å². The standard InChI is InChI=1S/C11H15N3O2S/c1-2-10(13-5-3-12-4-6-13)9-7-11(14(15)16)17-8-9/h2,7-8,10,12H,1,3-6H2/t10-/m1/s1. The maximum atomic E-state index is 10.7. The van der Waals surface area contributed by atoms with Gasteiger partial charge in [0, 0.05) is 37.6 Å². The van der Waals surface area contributed by atoms with Gasteiger partial charge in [0.15, 0.2) is 0 Å². The summed E-state index contributed by atoms with van der Waals surface area (Å²) in [5.41, 5.74) is 0.971. The van der Waals surface area contributed by atoms with Crippen LogP contribution in [0, 0.1) is 10.1 Å². The molecule has 0 amide bonds. The Balaban J connectivity index is 2.15. The fraction of sp³-hybridized carbons (Fsp3) is 0.455. The third-order valence-corrected chi connectivity index (χ3v) is 3.79.